The van der Waals surface area contributed by atoms with Gasteiger partial charge in [-0.05, 0) is 43.3 Å². The van der Waals surface area contributed by atoms with Gasteiger partial charge in [-0.15, -0.1) is 0 Å². The van der Waals surface area contributed by atoms with Gasteiger partial charge in [-0.2, -0.15) is 0 Å². The van der Waals surface area contributed by atoms with E-state index in [4.69, 9.17) is 0 Å². The molecule has 0 aliphatic rings. The highest BCUT2D eigenvalue weighted by atomic mass is 32.2. The molecule has 1 N–H and O–H groups in total. The predicted octanol–water partition coefficient (Wildman–Crippen LogP) is 4.60. The van der Waals surface area contributed by atoms with Gasteiger partial charge in [-0.1, -0.05) is 36.4 Å². The average Bonchev–Trinajstić information content (AvgIpc) is 3.15. The van der Waals surface area contributed by atoms with Crippen molar-refractivity contribution in [3.63, 3.8) is 0 Å². The summed E-state index contributed by atoms with van der Waals surface area (Å²) in [5.74, 6) is -1.50. The summed E-state index contributed by atoms with van der Waals surface area (Å²) in [7, 11) is -3.87. The van der Waals surface area contributed by atoms with Crippen molar-refractivity contribution in [3.05, 3.63) is 95.9 Å². The molecule has 8 heteroatoms. The van der Waals surface area contributed by atoms with Crippen LogP contribution in [-0.4, -0.2) is 24.7 Å². The number of fused-ring (bicyclic) bond motifs is 1. The molecule has 4 aromatic rings. The number of para-hydroxylation sites is 1. The Morgan fingerprint density at radius 2 is 1.61 bits per heavy atom. The van der Waals surface area contributed by atoms with Gasteiger partial charge in [0.15, 0.2) is 15.6 Å². The van der Waals surface area contributed by atoms with E-state index >= 15 is 0 Å². The number of hydrogen-bond donors (Lipinski definition) is 1. The summed E-state index contributed by atoms with van der Waals surface area (Å²) in [5, 5.41) is 3.21. The van der Waals surface area contributed by atoms with E-state index in [1.54, 1.807) is 59.2 Å². The van der Waals surface area contributed by atoms with Gasteiger partial charge in [0.05, 0.1) is 10.6 Å². The third-order valence-corrected chi connectivity index (χ3v) is 6.97. The highest BCUT2D eigenvalue weighted by Gasteiger charge is 2.23. The van der Waals surface area contributed by atoms with Crippen molar-refractivity contribution >= 4 is 38.1 Å². The van der Waals surface area contributed by atoms with Crippen LogP contribution in [0, 0.1) is 5.82 Å². The maximum absolute atomic E-state index is 14.1. The van der Waals surface area contributed by atoms with Crippen LogP contribution in [0.2, 0.25) is 0 Å². The number of halogens is 1. The van der Waals surface area contributed by atoms with Gasteiger partial charge in [0.25, 0.3) is 0 Å². The molecule has 0 radical (unpaired) electrons. The molecule has 6 nitrogen and oxygen atoms in total. The van der Waals surface area contributed by atoms with E-state index in [0.29, 0.717) is 22.2 Å². The molecule has 0 spiro atoms. The topological polar surface area (TPSA) is 85.2 Å². The van der Waals surface area contributed by atoms with Crippen LogP contribution in [-0.2, 0) is 26.9 Å². The van der Waals surface area contributed by atoms with Crippen molar-refractivity contribution in [2.45, 2.75) is 24.1 Å². The molecule has 0 aliphatic heterocycles. The normalized spacial score (nSPS) is 11.5. The molecule has 1 heterocycles. The van der Waals surface area contributed by atoms with E-state index in [0.717, 1.165) is 0 Å². The van der Waals surface area contributed by atoms with Gasteiger partial charge in [0.2, 0.25) is 5.91 Å². The van der Waals surface area contributed by atoms with Crippen LogP contribution in [0.1, 0.15) is 22.8 Å². The number of sulfone groups is 1. The number of carbonyl (C=O) groups excluding carboxylic acids is 2. The first kappa shape index (κ1) is 22.4. The number of ketones is 1. The van der Waals surface area contributed by atoms with E-state index < -0.39 is 21.4 Å². The lowest BCUT2D eigenvalue weighted by Gasteiger charge is -2.08. The van der Waals surface area contributed by atoms with Gasteiger partial charge >= 0.3 is 0 Å². The first-order valence-electron chi connectivity index (χ1n) is 10.2. The van der Waals surface area contributed by atoms with Gasteiger partial charge in [-0.3, -0.25) is 9.59 Å². The largest absolute Gasteiger partial charge is 0.337 e. The fraction of sp³-hybridized carbons (Fsp3) is 0.120. The zero-order valence-corrected chi connectivity index (χ0v) is 18.6. The van der Waals surface area contributed by atoms with Crippen molar-refractivity contribution in [1.82, 2.24) is 4.57 Å². The number of Topliss-reactive ketones (excluding diaryl/α,β-unsaturated/α-hetero) is 1. The summed E-state index contributed by atoms with van der Waals surface area (Å²) in [6.07, 6.45) is 1.42. The highest BCUT2D eigenvalue weighted by Crippen LogP contribution is 2.28. The fourth-order valence-corrected chi connectivity index (χ4v) is 5.23. The number of nitrogens with one attached hydrogen (secondary N) is 1. The van der Waals surface area contributed by atoms with Gasteiger partial charge in [-0.25, -0.2) is 12.8 Å². The van der Waals surface area contributed by atoms with E-state index in [1.807, 2.05) is 0 Å². The lowest BCUT2D eigenvalue weighted by Crippen LogP contribution is -2.18. The van der Waals surface area contributed by atoms with Crippen LogP contribution in [0.4, 0.5) is 10.1 Å². The maximum atomic E-state index is 14.1. The summed E-state index contributed by atoms with van der Waals surface area (Å²) in [6.45, 7) is 1.34. The maximum Gasteiger partial charge on any atom is 0.244 e. The van der Waals surface area contributed by atoms with Crippen LogP contribution < -0.4 is 5.32 Å². The second-order valence-corrected chi connectivity index (χ2v) is 9.63. The molecule has 0 saturated carbocycles. The number of carbonyl (C=O) groups is 2. The predicted molar refractivity (Wildman–Crippen MR) is 124 cm³/mol. The Kier molecular flexibility index (Phi) is 6.11. The third-order valence-electron chi connectivity index (χ3n) is 5.28. The molecule has 1 aromatic heterocycles. The van der Waals surface area contributed by atoms with Crippen LogP contribution in [0.25, 0.3) is 10.9 Å². The van der Waals surface area contributed by atoms with Crippen molar-refractivity contribution < 1.29 is 22.4 Å². The minimum absolute atomic E-state index is 0.0416. The second kappa shape index (κ2) is 8.99. The molecule has 0 aliphatic carbocycles. The molecule has 0 unspecified atom stereocenters. The minimum atomic E-state index is -3.87. The first-order valence-corrected chi connectivity index (χ1v) is 11.8. The molecular formula is C25H21FN2O4S. The molecule has 3 aromatic carbocycles. The first-order chi connectivity index (χ1) is 15.7. The summed E-state index contributed by atoms with van der Waals surface area (Å²) in [4.78, 5) is 24.1. The monoisotopic (exact) mass is 464 g/mol. The molecule has 0 atom stereocenters. The zero-order valence-electron chi connectivity index (χ0n) is 17.8. The molecular weight excluding hydrogens is 443 g/mol. The Balaban J connectivity index is 1.61. The van der Waals surface area contributed by atoms with Gasteiger partial charge in [0.1, 0.15) is 12.4 Å². The quantitative estimate of drug-likeness (QED) is 0.405. The molecule has 168 valence electrons. The van der Waals surface area contributed by atoms with Gasteiger partial charge in [0, 0.05) is 33.9 Å². The number of anilines is 1. The molecule has 1 amide bonds. The number of benzene rings is 3. The summed E-state index contributed by atoms with van der Waals surface area (Å²) in [5.41, 5.74) is 1.72. The number of rotatable bonds is 7. The Labute approximate surface area is 190 Å². The molecule has 0 bridgehead atoms. The smallest absolute Gasteiger partial charge is 0.244 e. The van der Waals surface area contributed by atoms with Crippen molar-refractivity contribution in [1.29, 1.82) is 0 Å². The van der Waals surface area contributed by atoms with Crippen LogP contribution in [0.3, 0.4) is 0 Å². The Morgan fingerprint density at radius 1 is 0.939 bits per heavy atom. The van der Waals surface area contributed by atoms with Crippen molar-refractivity contribution in [3.8, 4) is 0 Å². The van der Waals surface area contributed by atoms with Crippen molar-refractivity contribution in [2.75, 3.05) is 5.32 Å². The Hall–Kier alpha value is -3.78. The van der Waals surface area contributed by atoms with Crippen molar-refractivity contribution in [2.24, 2.45) is 0 Å². The zero-order chi connectivity index (χ0) is 23.6. The lowest BCUT2D eigenvalue weighted by molar-refractivity contribution is -0.116. The number of aromatic nitrogens is 1. The average molecular weight is 465 g/mol. The standard InChI is InChI=1S/C25H21FN2O4S/c1-17(29)18-10-12-20(13-11-18)27-25(30)15-28-14-24(21-7-3-5-9-23(21)28)33(31,32)16-19-6-2-4-8-22(19)26/h2-14H,15-16H2,1H3,(H,27,30). The van der Waals surface area contributed by atoms with Gasteiger partial charge < -0.3 is 9.88 Å². The fourth-order valence-electron chi connectivity index (χ4n) is 3.63. The highest BCUT2D eigenvalue weighted by molar-refractivity contribution is 7.90. The summed E-state index contributed by atoms with van der Waals surface area (Å²) >= 11 is 0. The SMILES string of the molecule is CC(=O)c1ccc(NC(=O)Cn2cc(S(=O)(=O)Cc3ccccc3F)c3ccccc32)cc1. The van der Waals surface area contributed by atoms with E-state index in [-0.39, 0.29) is 28.7 Å². The Bertz CT molecular complexity index is 1460. The summed E-state index contributed by atoms with van der Waals surface area (Å²) in [6, 6.07) is 19.1. The number of amides is 1. The van der Waals surface area contributed by atoms with Crippen LogP contribution in [0.15, 0.2) is 83.9 Å². The summed E-state index contributed by atoms with van der Waals surface area (Å²) < 4.78 is 41.9. The third kappa shape index (κ3) is 4.85. The van der Waals surface area contributed by atoms with Crippen LogP contribution in [0.5, 0.6) is 0 Å². The van der Waals surface area contributed by atoms with E-state index in [1.165, 1.54) is 31.3 Å². The molecule has 33 heavy (non-hydrogen) atoms. The van der Waals surface area contributed by atoms with E-state index in [2.05, 4.69) is 5.32 Å². The number of nitrogens with zero attached hydrogens (tertiary/aromatic N) is 1. The molecule has 4 rings (SSSR count). The Morgan fingerprint density at radius 3 is 2.30 bits per heavy atom. The van der Waals surface area contributed by atoms with E-state index in [9.17, 15) is 22.4 Å². The number of hydrogen-bond acceptors (Lipinski definition) is 4. The molecule has 0 saturated heterocycles. The lowest BCUT2D eigenvalue weighted by atomic mass is 10.1. The molecule has 0 fully saturated rings. The van der Waals surface area contributed by atoms with Crippen LogP contribution >= 0.6 is 0 Å². The second-order valence-electron chi connectivity index (χ2n) is 7.67. The minimum Gasteiger partial charge on any atom is -0.337 e.